The Balaban J connectivity index is 0.000000828. The number of aliphatic hydroxyl groups is 2. The Bertz CT molecular complexity index is 1010. The minimum absolute atomic E-state index is 0.109. The normalized spacial score (nSPS) is 21.0. The van der Waals surface area contributed by atoms with Gasteiger partial charge in [-0.15, -0.1) is 9.79 Å². The number of rotatable bonds is 28. The molecule has 0 amide bonds. The van der Waals surface area contributed by atoms with E-state index in [4.69, 9.17) is 29.5 Å². The van der Waals surface area contributed by atoms with E-state index in [0.717, 1.165) is 50.0 Å². The first kappa shape index (κ1) is 53.7. The molecule has 54 heavy (non-hydrogen) atoms. The second kappa shape index (κ2) is 34.7. The molecule has 10 atom stereocenters. The zero-order valence-corrected chi connectivity index (χ0v) is 36.6. The van der Waals surface area contributed by atoms with Crippen molar-refractivity contribution in [3.63, 3.8) is 0 Å². The molecule has 0 radical (unpaired) electrons. The van der Waals surface area contributed by atoms with Crippen LogP contribution in [-0.2, 0) is 46.4 Å². The summed E-state index contributed by atoms with van der Waals surface area (Å²) in [5.41, 5.74) is -0.899. The maximum Gasteiger partial charge on any atom is 0.750 e. The average Bonchev–Trinajstić information content (AvgIpc) is 3.67. The van der Waals surface area contributed by atoms with Crippen LogP contribution in [0.25, 0.3) is 0 Å². The molecule has 0 aliphatic carbocycles. The van der Waals surface area contributed by atoms with Crippen LogP contribution in [0.4, 0.5) is 0 Å². The number of thioether (sulfide) groups is 2. The molecule has 0 spiro atoms. The Hall–Kier alpha value is -0.280. The minimum Gasteiger partial charge on any atom is -0.388 e. The van der Waals surface area contributed by atoms with Crippen molar-refractivity contribution in [3.05, 3.63) is 0 Å². The summed E-state index contributed by atoms with van der Waals surface area (Å²) >= 11 is 3.88. The molecule has 22 heteroatoms. The highest BCUT2D eigenvalue weighted by atomic mass is 32.2. The zero-order chi connectivity index (χ0) is 40.7. The minimum atomic E-state index is -2.95. The van der Waals surface area contributed by atoms with E-state index in [1.807, 2.05) is 23.5 Å². The van der Waals surface area contributed by atoms with Gasteiger partial charge in [0.25, 0.3) is 0 Å². The Morgan fingerprint density at radius 2 is 0.926 bits per heavy atom. The largest absolute Gasteiger partial charge is 0.750 e. The lowest BCUT2D eigenvalue weighted by Gasteiger charge is -2.09. The van der Waals surface area contributed by atoms with Gasteiger partial charge in [0.1, 0.15) is 24.4 Å². The second-order valence-electron chi connectivity index (χ2n) is 12.6. The number of carbonyl (C=O) groups is 2. The van der Waals surface area contributed by atoms with Gasteiger partial charge in [0.2, 0.25) is 0 Å². The lowest BCUT2D eigenvalue weighted by molar-refractivity contribution is -0.135. The van der Waals surface area contributed by atoms with E-state index in [0.29, 0.717) is 12.8 Å². The quantitative estimate of drug-likeness (QED) is 0.0348. The van der Waals surface area contributed by atoms with Gasteiger partial charge in [0.05, 0.1) is 26.1 Å². The van der Waals surface area contributed by atoms with Gasteiger partial charge in [-0.3, -0.25) is 0 Å². The molecule has 6 unspecified atom stereocenters. The number of unbranched alkanes of at least 4 members (excludes halogenated alkanes) is 8. The van der Waals surface area contributed by atoms with Gasteiger partial charge >= 0.3 is 44.5 Å². The topological polar surface area (TPSA) is 261 Å². The summed E-state index contributed by atoms with van der Waals surface area (Å²) in [7, 11) is -10.6. The van der Waals surface area contributed by atoms with E-state index < -0.39 is 68.0 Å². The van der Waals surface area contributed by atoms with E-state index in [1.54, 1.807) is 0 Å². The number of aliphatic hydroxyl groups excluding tert-OH is 2. The van der Waals surface area contributed by atoms with Crippen molar-refractivity contribution in [2.24, 2.45) is 0 Å². The van der Waals surface area contributed by atoms with Crippen LogP contribution in [0.15, 0.2) is 0 Å². The first-order valence-electron chi connectivity index (χ1n) is 18.5. The SMILES string of the molecule is CCSCCCCCCCC(CCC(=O)O[P+](=O)O)[P+](=O)O.CCSCCCCCCCC(CCC(=O)O[P+](=O)O)[P+](=O)O.O[C@@H]1CO[C@H]2[C@@H]1OC[C@@H]2O. The molecule has 2 aliphatic rings. The summed E-state index contributed by atoms with van der Waals surface area (Å²) in [6, 6.07) is 0. The first-order chi connectivity index (χ1) is 25.7. The lowest BCUT2D eigenvalue weighted by Crippen LogP contribution is -2.30. The highest BCUT2D eigenvalue weighted by molar-refractivity contribution is 7.99. The predicted octanol–water partition coefficient (Wildman–Crippen LogP) is 6.82. The molecular formula is C32H62O16P4S2+4. The van der Waals surface area contributed by atoms with Crippen molar-refractivity contribution in [3.8, 4) is 0 Å². The first-order valence-corrected chi connectivity index (χ1v) is 25.7. The molecule has 2 saturated heterocycles. The van der Waals surface area contributed by atoms with Crippen molar-refractivity contribution in [2.45, 2.75) is 152 Å². The highest BCUT2D eigenvalue weighted by Gasteiger charge is 2.46. The van der Waals surface area contributed by atoms with Gasteiger partial charge in [-0.2, -0.15) is 42.4 Å². The summed E-state index contributed by atoms with van der Waals surface area (Å²) in [4.78, 5) is 57.6. The predicted molar refractivity (Wildman–Crippen MR) is 210 cm³/mol. The number of fused-ring (bicyclic) bond motifs is 1. The lowest BCUT2D eigenvalue weighted by atomic mass is 10.1. The van der Waals surface area contributed by atoms with Crippen LogP contribution in [-0.4, -0.2) is 114 Å². The number of ether oxygens (including phenoxy) is 2. The molecule has 2 rings (SSSR count). The van der Waals surface area contributed by atoms with Crippen molar-refractivity contribution >= 4 is 68.0 Å². The number of hydrogen-bond acceptors (Lipinski definition) is 14. The fraction of sp³-hybridized carbons (Fsp3) is 0.938. The van der Waals surface area contributed by atoms with Crippen molar-refractivity contribution in [1.82, 2.24) is 0 Å². The van der Waals surface area contributed by atoms with Crippen LogP contribution in [0.1, 0.15) is 117 Å². The van der Waals surface area contributed by atoms with Crippen LogP contribution in [0, 0.1) is 0 Å². The molecule has 2 fully saturated rings. The third-order valence-corrected chi connectivity index (χ3v) is 13.4. The molecular weight excluding hydrogens is 828 g/mol. The van der Waals surface area contributed by atoms with E-state index in [9.17, 15) is 37.6 Å². The van der Waals surface area contributed by atoms with E-state index >= 15 is 0 Å². The van der Waals surface area contributed by atoms with Crippen molar-refractivity contribution in [2.75, 3.05) is 36.2 Å². The highest BCUT2D eigenvalue weighted by Crippen LogP contribution is 2.33. The van der Waals surface area contributed by atoms with Gasteiger partial charge < -0.3 is 19.7 Å². The van der Waals surface area contributed by atoms with Crippen LogP contribution in [0.5, 0.6) is 0 Å². The maximum absolute atomic E-state index is 11.3. The fourth-order valence-electron chi connectivity index (χ4n) is 5.54. The van der Waals surface area contributed by atoms with Gasteiger partial charge in [-0.1, -0.05) is 52.4 Å². The summed E-state index contributed by atoms with van der Waals surface area (Å²) in [5, 5.41) is 18.3. The number of carbonyl (C=O) groups excluding carboxylic acids is 2. The van der Waals surface area contributed by atoms with E-state index in [1.165, 1.54) is 37.2 Å². The summed E-state index contributed by atoms with van der Waals surface area (Å²) in [6.45, 7) is 4.86. The van der Waals surface area contributed by atoms with Gasteiger partial charge in [-0.05, 0) is 70.7 Å². The molecule has 2 heterocycles. The Morgan fingerprint density at radius 3 is 1.24 bits per heavy atom. The monoisotopic (exact) mass is 890 g/mol. The summed E-state index contributed by atoms with van der Waals surface area (Å²) < 4.78 is 61.6. The second-order valence-corrected chi connectivity index (χ2v) is 19.4. The summed E-state index contributed by atoms with van der Waals surface area (Å²) in [6.07, 6.45) is 10.4. The molecule has 0 saturated carbocycles. The molecule has 2 aliphatic heterocycles. The van der Waals surface area contributed by atoms with Crippen LogP contribution in [0.3, 0.4) is 0 Å². The van der Waals surface area contributed by atoms with Crippen LogP contribution < -0.4 is 0 Å². The van der Waals surface area contributed by atoms with Crippen LogP contribution >= 0.6 is 56.1 Å². The third-order valence-electron chi connectivity index (χ3n) is 8.41. The molecule has 6 N–H and O–H groups in total. The standard InChI is InChI=1S/2C13H24O6P2S.C6H10O4/c2*1-2-22-11-7-5-3-4-6-8-12(20(15)16)9-10-13(14)19-21(17)18;7-3-1-9-6-4(8)2-10-5(3)6/h2*12H,2-11H2,1H3;3-8H,1-2H2/p+4/t;;3-,4+,5-,6-/m..1/s1. The molecule has 16 nitrogen and oxygen atoms in total. The van der Waals surface area contributed by atoms with E-state index in [-0.39, 0.29) is 51.1 Å². The average molecular weight is 891 g/mol. The van der Waals surface area contributed by atoms with E-state index in [2.05, 4.69) is 22.9 Å². The molecule has 314 valence electrons. The Kier molecular flexibility index (Phi) is 34.6. The molecule has 0 aromatic rings. The number of hydrogen-bond donors (Lipinski definition) is 6. The van der Waals surface area contributed by atoms with Gasteiger partial charge in [-0.25, -0.2) is 9.59 Å². The Morgan fingerprint density at radius 1 is 0.593 bits per heavy atom. The maximum atomic E-state index is 11.3. The fourth-order valence-corrected chi connectivity index (χ4v) is 8.97. The van der Waals surface area contributed by atoms with Gasteiger partial charge in [0.15, 0.2) is 11.3 Å². The molecule has 0 aromatic heterocycles. The molecule has 0 bridgehead atoms. The smallest absolute Gasteiger partial charge is 0.388 e. The molecule has 0 aromatic carbocycles. The van der Waals surface area contributed by atoms with Gasteiger partial charge in [0, 0.05) is 22.0 Å². The van der Waals surface area contributed by atoms with Crippen molar-refractivity contribution in [1.29, 1.82) is 0 Å². The van der Waals surface area contributed by atoms with Crippen LogP contribution in [0.2, 0.25) is 0 Å². The summed E-state index contributed by atoms with van der Waals surface area (Å²) in [5.74, 6) is 3.07. The third kappa shape index (κ3) is 29.0. The zero-order valence-electron chi connectivity index (χ0n) is 31.4. The van der Waals surface area contributed by atoms with Crippen molar-refractivity contribution < 1.29 is 76.2 Å². The Labute approximate surface area is 331 Å².